The van der Waals surface area contributed by atoms with Gasteiger partial charge in [-0.1, -0.05) is 36.4 Å². The molecular formula is C29H29NO6. The topological polar surface area (TPSA) is 87.0 Å². The first-order valence-electron chi connectivity index (χ1n) is 11.9. The highest BCUT2D eigenvalue weighted by atomic mass is 16.6. The van der Waals surface area contributed by atoms with Crippen molar-refractivity contribution in [2.24, 2.45) is 7.05 Å². The molecule has 186 valence electrons. The van der Waals surface area contributed by atoms with Crippen LogP contribution in [0.4, 0.5) is 0 Å². The zero-order valence-electron chi connectivity index (χ0n) is 20.8. The predicted octanol–water partition coefficient (Wildman–Crippen LogP) is 4.94. The molecule has 7 nitrogen and oxygen atoms in total. The van der Waals surface area contributed by atoms with Crippen LogP contribution in [0.2, 0.25) is 0 Å². The summed E-state index contributed by atoms with van der Waals surface area (Å²) in [6.07, 6.45) is 0.0399. The number of esters is 1. The summed E-state index contributed by atoms with van der Waals surface area (Å²) in [5, 5.41) is 14.3. The lowest BCUT2D eigenvalue weighted by Crippen LogP contribution is -2.51. The number of hydrogen-bond acceptors (Lipinski definition) is 6. The zero-order valence-corrected chi connectivity index (χ0v) is 20.8. The molecular weight excluding hydrogens is 458 g/mol. The minimum Gasteiger partial charge on any atom is -0.496 e. The van der Waals surface area contributed by atoms with E-state index in [1.807, 2.05) is 48.0 Å². The summed E-state index contributed by atoms with van der Waals surface area (Å²) >= 11 is 0. The minimum absolute atomic E-state index is 0.148. The Morgan fingerprint density at radius 1 is 1.22 bits per heavy atom. The lowest BCUT2D eigenvalue weighted by atomic mass is 9.86. The average molecular weight is 488 g/mol. The Morgan fingerprint density at radius 3 is 2.69 bits per heavy atom. The van der Waals surface area contributed by atoms with Crippen molar-refractivity contribution in [3.05, 3.63) is 70.9 Å². The molecule has 2 atom stereocenters. The summed E-state index contributed by atoms with van der Waals surface area (Å²) in [5.41, 5.74) is 0.346. The fraction of sp³-hybridized carbons (Fsp3) is 0.310. The van der Waals surface area contributed by atoms with Gasteiger partial charge < -0.3 is 23.9 Å². The number of allylic oxidation sites excluding steroid dienone is 1. The van der Waals surface area contributed by atoms with Crippen molar-refractivity contribution in [1.82, 2.24) is 4.57 Å². The van der Waals surface area contributed by atoms with Gasteiger partial charge in [0.2, 0.25) is 5.43 Å². The van der Waals surface area contributed by atoms with Crippen LogP contribution in [0.5, 0.6) is 11.5 Å². The number of carbonyl (C=O) groups is 1. The average Bonchev–Trinajstić information content (AvgIpc) is 2.86. The summed E-state index contributed by atoms with van der Waals surface area (Å²) in [6.45, 7) is 7.15. The van der Waals surface area contributed by atoms with E-state index in [1.54, 1.807) is 26.0 Å². The maximum Gasteiger partial charge on any atom is 0.306 e. The van der Waals surface area contributed by atoms with E-state index in [4.69, 9.17) is 14.2 Å². The lowest BCUT2D eigenvalue weighted by molar-refractivity contribution is -0.177. The fourth-order valence-electron chi connectivity index (χ4n) is 5.26. The smallest absolute Gasteiger partial charge is 0.306 e. The van der Waals surface area contributed by atoms with Crippen LogP contribution in [-0.4, -0.2) is 34.5 Å². The van der Waals surface area contributed by atoms with E-state index in [-0.39, 0.29) is 11.8 Å². The summed E-state index contributed by atoms with van der Waals surface area (Å²) < 4.78 is 19.5. The summed E-state index contributed by atoms with van der Waals surface area (Å²) in [6, 6.07) is 13.2. The number of nitrogens with zero attached hydrogens (tertiary/aromatic N) is 1. The van der Waals surface area contributed by atoms with Gasteiger partial charge >= 0.3 is 5.97 Å². The SMILES string of the molecule is C=CCCC(=O)O[C@@H]1[C@H](O)c2c(cc(OC)c3c(=O)c4c5ccccc5ccc4n(C)c23)OC1(C)C. The molecule has 5 rings (SSSR count). The number of aromatic nitrogens is 1. The van der Waals surface area contributed by atoms with E-state index in [1.165, 1.54) is 7.11 Å². The highest BCUT2D eigenvalue weighted by molar-refractivity contribution is 6.11. The number of rotatable bonds is 5. The molecule has 0 fully saturated rings. The molecule has 1 N–H and O–H groups in total. The van der Waals surface area contributed by atoms with E-state index >= 15 is 0 Å². The van der Waals surface area contributed by atoms with Gasteiger partial charge in [0, 0.05) is 19.5 Å². The largest absolute Gasteiger partial charge is 0.496 e. The van der Waals surface area contributed by atoms with E-state index in [0.29, 0.717) is 45.3 Å². The van der Waals surface area contributed by atoms with E-state index in [2.05, 4.69) is 6.58 Å². The third kappa shape index (κ3) is 3.54. The Balaban J connectivity index is 1.83. The molecule has 0 saturated heterocycles. The van der Waals surface area contributed by atoms with E-state index < -0.39 is 23.8 Å². The second-order valence-corrected chi connectivity index (χ2v) is 9.67. The van der Waals surface area contributed by atoms with Gasteiger partial charge in [0.15, 0.2) is 6.10 Å². The van der Waals surface area contributed by atoms with E-state index in [9.17, 15) is 14.7 Å². The summed E-state index contributed by atoms with van der Waals surface area (Å²) in [7, 11) is 3.35. The Morgan fingerprint density at radius 2 is 1.97 bits per heavy atom. The standard InChI is InChI=1S/C29H29NO6/c1-6-7-12-21(31)35-28-27(33)24-20(36-29(28,2)3)15-19(34-5)23-25(24)30(4)18-14-13-16-10-8-9-11-17(16)22(18)26(23)32/h6,8-11,13-15,27-28,33H,1,7,12H2,2-5H3/t27-,28-/m1/s1. The van der Waals surface area contributed by atoms with Gasteiger partial charge in [-0.2, -0.15) is 0 Å². The molecule has 7 heteroatoms. The first-order chi connectivity index (χ1) is 17.2. The molecule has 1 aromatic heterocycles. The van der Waals surface area contributed by atoms with Gasteiger partial charge in [-0.15, -0.1) is 6.58 Å². The van der Waals surface area contributed by atoms with Crippen molar-refractivity contribution < 1.29 is 24.1 Å². The molecule has 0 spiro atoms. The maximum absolute atomic E-state index is 14.0. The first kappa shape index (κ1) is 23.9. The Labute approximate surface area is 208 Å². The Kier molecular flexibility index (Phi) is 5.75. The molecule has 0 amide bonds. The maximum atomic E-state index is 14.0. The molecule has 3 aromatic carbocycles. The number of aryl methyl sites for hydroxylation is 1. The molecule has 0 bridgehead atoms. The molecule has 1 aliphatic heterocycles. The van der Waals surface area contributed by atoms with Crippen LogP contribution in [0.15, 0.2) is 59.9 Å². The number of aliphatic hydroxyl groups is 1. The van der Waals surface area contributed by atoms with Gasteiger partial charge in [-0.3, -0.25) is 9.59 Å². The summed E-state index contributed by atoms with van der Waals surface area (Å²) in [4.78, 5) is 26.5. The van der Waals surface area contributed by atoms with Crippen molar-refractivity contribution in [2.45, 2.75) is 44.5 Å². The molecule has 0 aliphatic carbocycles. The van der Waals surface area contributed by atoms with Crippen molar-refractivity contribution in [3.8, 4) is 11.5 Å². The number of benzene rings is 3. The van der Waals surface area contributed by atoms with Crippen molar-refractivity contribution >= 4 is 38.5 Å². The number of pyridine rings is 1. The van der Waals surface area contributed by atoms with Crippen molar-refractivity contribution in [2.75, 3.05) is 7.11 Å². The molecule has 0 radical (unpaired) electrons. The highest BCUT2D eigenvalue weighted by Gasteiger charge is 2.47. The van der Waals surface area contributed by atoms with Crippen molar-refractivity contribution in [1.29, 1.82) is 0 Å². The van der Waals surface area contributed by atoms with Gasteiger partial charge in [0.25, 0.3) is 0 Å². The fourth-order valence-corrected chi connectivity index (χ4v) is 5.26. The molecule has 36 heavy (non-hydrogen) atoms. The molecule has 4 aromatic rings. The van der Waals surface area contributed by atoms with Crippen LogP contribution in [0.1, 0.15) is 38.4 Å². The van der Waals surface area contributed by atoms with Gasteiger partial charge in [0.1, 0.15) is 23.2 Å². The minimum atomic E-state index is -1.23. The first-order valence-corrected chi connectivity index (χ1v) is 11.9. The monoisotopic (exact) mass is 487 g/mol. The Hall–Kier alpha value is -3.84. The third-order valence-electron chi connectivity index (χ3n) is 7.00. The van der Waals surface area contributed by atoms with Crippen LogP contribution in [0.25, 0.3) is 32.6 Å². The number of methoxy groups -OCH3 is 1. The normalized spacial score (nSPS) is 18.6. The second kappa shape index (κ2) is 8.68. The number of ether oxygens (including phenoxy) is 3. The molecule has 0 unspecified atom stereocenters. The van der Waals surface area contributed by atoms with Gasteiger partial charge in [0.05, 0.1) is 34.5 Å². The molecule has 2 heterocycles. The van der Waals surface area contributed by atoms with Crippen LogP contribution >= 0.6 is 0 Å². The van der Waals surface area contributed by atoms with Crippen LogP contribution in [0.3, 0.4) is 0 Å². The lowest BCUT2D eigenvalue weighted by Gasteiger charge is -2.42. The summed E-state index contributed by atoms with van der Waals surface area (Å²) in [5.74, 6) is 0.275. The number of aliphatic hydroxyl groups excluding tert-OH is 1. The highest BCUT2D eigenvalue weighted by Crippen LogP contribution is 2.47. The van der Waals surface area contributed by atoms with Gasteiger partial charge in [-0.25, -0.2) is 0 Å². The second-order valence-electron chi connectivity index (χ2n) is 9.67. The number of hydrogen-bond donors (Lipinski definition) is 1. The van der Waals surface area contributed by atoms with Crippen LogP contribution in [-0.2, 0) is 16.6 Å². The van der Waals surface area contributed by atoms with Gasteiger partial charge in [-0.05, 0) is 37.1 Å². The Bertz CT molecular complexity index is 1600. The van der Waals surface area contributed by atoms with Crippen LogP contribution in [0, 0.1) is 0 Å². The number of carbonyl (C=O) groups excluding carboxylic acids is 1. The zero-order chi connectivity index (χ0) is 25.8. The van der Waals surface area contributed by atoms with Crippen molar-refractivity contribution in [3.63, 3.8) is 0 Å². The predicted molar refractivity (Wildman–Crippen MR) is 140 cm³/mol. The third-order valence-corrected chi connectivity index (χ3v) is 7.00. The number of fused-ring (bicyclic) bond motifs is 6. The van der Waals surface area contributed by atoms with E-state index in [0.717, 1.165) is 10.8 Å². The van der Waals surface area contributed by atoms with Crippen LogP contribution < -0.4 is 14.9 Å². The quantitative estimate of drug-likeness (QED) is 0.186. The molecule has 0 saturated carbocycles. The molecule has 1 aliphatic rings.